The summed E-state index contributed by atoms with van der Waals surface area (Å²) in [6, 6.07) is 3.97. The van der Waals surface area contributed by atoms with Crippen molar-refractivity contribution in [3.8, 4) is 0 Å². The molecule has 0 aliphatic carbocycles. The van der Waals surface area contributed by atoms with Gasteiger partial charge in [-0.15, -0.1) is 11.3 Å². The van der Waals surface area contributed by atoms with Gasteiger partial charge in [0.05, 0.1) is 6.42 Å². The second kappa shape index (κ2) is 4.70. The summed E-state index contributed by atoms with van der Waals surface area (Å²) >= 11 is 1.60. The molecule has 0 amide bonds. The highest BCUT2D eigenvalue weighted by Gasteiger charge is 2.50. The fourth-order valence-corrected chi connectivity index (χ4v) is 2.47. The van der Waals surface area contributed by atoms with Crippen molar-refractivity contribution >= 4 is 17.3 Å². The second-order valence-corrected chi connectivity index (χ2v) is 5.06. The molecule has 6 heteroatoms. The summed E-state index contributed by atoms with van der Waals surface area (Å²) in [4.78, 5) is 11.9. The monoisotopic (exact) mass is 261 g/mol. The molecule has 0 spiro atoms. The maximum atomic E-state index is 12.9. The molecule has 1 aromatic rings. The van der Waals surface area contributed by atoms with E-state index in [1.165, 1.54) is 0 Å². The van der Waals surface area contributed by atoms with Crippen LogP contribution in [0.1, 0.15) is 24.3 Å². The molecule has 0 aromatic carbocycles. The summed E-state index contributed by atoms with van der Waals surface area (Å²) in [7, 11) is 0. The van der Waals surface area contributed by atoms with E-state index < -0.39 is 24.4 Å². The van der Waals surface area contributed by atoms with Crippen LogP contribution in [0.4, 0.5) is 8.78 Å². The third-order valence-electron chi connectivity index (χ3n) is 2.68. The molecule has 2 rings (SSSR count). The van der Waals surface area contributed by atoms with Gasteiger partial charge in [-0.05, 0) is 18.4 Å². The van der Waals surface area contributed by atoms with Gasteiger partial charge in [0.15, 0.2) is 0 Å². The van der Waals surface area contributed by atoms with Crippen LogP contribution in [0.5, 0.6) is 0 Å². The van der Waals surface area contributed by atoms with Gasteiger partial charge < -0.3 is 10.1 Å². The van der Waals surface area contributed by atoms with Gasteiger partial charge in [0.1, 0.15) is 6.10 Å². The Bertz CT molecular complexity index is 394. The Morgan fingerprint density at radius 1 is 1.71 bits per heavy atom. The summed E-state index contributed by atoms with van der Waals surface area (Å²) in [5.41, 5.74) is 0. The molecule has 2 atom stereocenters. The molecule has 1 aliphatic rings. The fraction of sp³-hybridized carbons (Fsp3) is 0.545. The maximum Gasteiger partial charge on any atom is 0.377 e. The number of cyclic esters (lactones) is 1. The van der Waals surface area contributed by atoms with Gasteiger partial charge >= 0.3 is 11.9 Å². The van der Waals surface area contributed by atoms with Crippen LogP contribution in [0, 0.1) is 0 Å². The molecule has 2 heterocycles. The normalized spacial score (nSPS) is 24.6. The highest BCUT2D eigenvalue weighted by atomic mass is 32.1. The van der Waals surface area contributed by atoms with Gasteiger partial charge in [-0.2, -0.15) is 8.78 Å². The molecule has 3 nitrogen and oxygen atoms in total. The molecule has 94 valence electrons. The van der Waals surface area contributed by atoms with Crippen LogP contribution in [0.3, 0.4) is 0 Å². The number of alkyl halides is 2. The number of ether oxygens (including phenoxy) is 1. The van der Waals surface area contributed by atoms with E-state index in [1.807, 2.05) is 24.4 Å². The summed E-state index contributed by atoms with van der Waals surface area (Å²) in [5, 5.41) is 5.04. The fourth-order valence-electron chi connectivity index (χ4n) is 1.71. The molecule has 1 saturated heterocycles. The molecular formula is C11H13F2NO2S. The molecule has 1 fully saturated rings. The number of esters is 1. The predicted molar refractivity (Wildman–Crippen MR) is 60.2 cm³/mol. The molecule has 1 aromatic heterocycles. The molecule has 1 unspecified atom stereocenters. The lowest BCUT2D eigenvalue weighted by atomic mass is 10.2. The zero-order valence-electron chi connectivity index (χ0n) is 9.28. The van der Waals surface area contributed by atoms with E-state index in [0.717, 1.165) is 4.88 Å². The number of carbonyl (C=O) groups excluding carboxylic acids is 1. The van der Waals surface area contributed by atoms with Crippen molar-refractivity contribution in [2.45, 2.75) is 31.4 Å². The van der Waals surface area contributed by atoms with Crippen molar-refractivity contribution in [1.82, 2.24) is 5.32 Å². The van der Waals surface area contributed by atoms with Gasteiger partial charge in [-0.1, -0.05) is 6.07 Å². The molecule has 0 bridgehead atoms. The number of nitrogens with one attached hydrogen (secondary N) is 1. The van der Waals surface area contributed by atoms with Crippen molar-refractivity contribution < 1.29 is 18.3 Å². The topological polar surface area (TPSA) is 38.3 Å². The second-order valence-electron chi connectivity index (χ2n) is 4.08. The summed E-state index contributed by atoms with van der Waals surface area (Å²) in [5.74, 6) is -4.73. The highest BCUT2D eigenvalue weighted by Crippen LogP contribution is 2.30. The number of thiophene rings is 1. The first-order valence-corrected chi connectivity index (χ1v) is 6.23. The van der Waals surface area contributed by atoms with E-state index in [1.54, 1.807) is 11.3 Å². The molecular weight excluding hydrogens is 248 g/mol. The number of halogens is 2. The largest absolute Gasteiger partial charge is 0.456 e. The van der Waals surface area contributed by atoms with E-state index in [-0.39, 0.29) is 12.6 Å². The van der Waals surface area contributed by atoms with Gasteiger partial charge in [0, 0.05) is 17.5 Å². The van der Waals surface area contributed by atoms with Crippen LogP contribution >= 0.6 is 11.3 Å². The smallest absolute Gasteiger partial charge is 0.377 e. The first-order chi connectivity index (χ1) is 7.99. The van der Waals surface area contributed by atoms with Gasteiger partial charge in [-0.3, -0.25) is 0 Å². The van der Waals surface area contributed by atoms with Crippen molar-refractivity contribution in [3.63, 3.8) is 0 Å². The lowest BCUT2D eigenvalue weighted by molar-refractivity contribution is -0.159. The van der Waals surface area contributed by atoms with E-state index in [2.05, 4.69) is 10.1 Å². The zero-order valence-corrected chi connectivity index (χ0v) is 10.1. The van der Waals surface area contributed by atoms with Gasteiger partial charge in [0.2, 0.25) is 0 Å². The number of rotatable bonds is 4. The standard InChI is InChI=1S/C11H13F2NO2S/c1-7(9-3-2-4-17-9)14-6-8-5-11(12,13)10(15)16-8/h2-4,7-8,14H,5-6H2,1H3/t7-,8?/m0/s1. The van der Waals surface area contributed by atoms with Crippen LogP contribution in [-0.2, 0) is 9.53 Å². The Balaban J connectivity index is 1.82. The molecule has 1 N–H and O–H groups in total. The quantitative estimate of drug-likeness (QED) is 0.845. The maximum absolute atomic E-state index is 12.9. The first-order valence-electron chi connectivity index (χ1n) is 5.35. The van der Waals surface area contributed by atoms with Crippen molar-refractivity contribution in [3.05, 3.63) is 22.4 Å². The summed E-state index contributed by atoms with van der Waals surface area (Å²) in [6.45, 7) is 2.20. The highest BCUT2D eigenvalue weighted by molar-refractivity contribution is 7.10. The zero-order chi connectivity index (χ0) is 12.5. The van der Waals surface area contributed by atoms with Crippen molar-refractivity contribution in [2.24, 2.45) is 0 Å². The first kappa shape index (κ1) is 12.4. The number of carbonyl (C=O) groups is 1. The van der Waals surface area contributed by atoms with Gasteiger partial charge in [0.25, 0.3) is 0 Å². The summed E-state index contributed by atoms with van der Waals surface area (Å²) in [6.07, 6.45) is -1.27. The summed E-state index contributed by atoms with van der Waals surface area (Å²) < 4.78 is 30.4. The number of hydrogen-bond acceptors (Lipinski definition) is 4. The Hall–Kier alpha value is -1.01. The van der Waals surface area contributed by atoms with E-state index in [0.29, 0.717) is 0 Å². The average Bonchev–Trinajstić information content (AvgIpc) is 2.85. The van der Waals surface area contributed by atoms with Crippen LogP contribution in [0.25, 0.3) is 0 Å². The average molecular weight is 261 g/mol. The molecule has 1 aliphatic heterocycles. The minimum absolute atomic E-state index is 0.0722. The van der Waals surface area contributed by atoms with E-state index in [4.69, 9.17) is 0 Å². The van der Waals surface area contributed by atoms with Crippen molar-refractivity contribution in [2.75, 3.05) is 6.54 Å². The third-order valence-corrected chi connectivity index (χ3v) is 3.73. The van der Waals surface area contributed by atoms with Gasteiger partial charge in [-0.25, -0.2) is 4.79 Å². The van der Waals surface area contributed by atoms with Crippen LogP contribution in [0.2, 0.25) is 0 Å². The third kappa shape index (κ3) is 2.81. The Morgan fingerprint density at radius 2 is 2.47 bits per heavy atom. The molecule has 0 saturated carbocycles. The van der Waals surface area contributed by atoms with Crippen molar-refractivity contribution in [1.29, 1.82) is 0 Å². The Kier molecular flexibility index (Phi) is 3.44. The SMILES string of the molecule is C[C@H](NCC1CC(F)(F)C(=O)O1)c1cccs1. The minimum atomic E-state index is -3.32. The Morgan fingerprint density at radius 3 is 3.00 bits per heavy atom. The molecule has 0 radical (unpaired) electrons. The lowest BCUT2D eigenvalue weighted by Crippen LogP contribution is -2.29. The number of hydrogen-bond donors (Lipinski definition) is 1. The van der Waals surface area contributed by atoms with Crippen LogP contribution in [0.15, 0.2) is 17.5 Å². The van der Waals surface area contributed by atoms with Crippen LogP contribution in [-0.4, -0.2) is 24.5 Å². The van der Waals surface area contributed by atoms with Crippen LogP contribution < -0.4 is 5.32 Å². The minimum Gasteiger partial charge on any atom is -0.456 e. The predicted octanol–water partition coefficient (Wildman–Crippen LogP) is 2.35. The molecule has 17 heavy (non-hydrogen) atoms. The van der Waals surface area contributed by atoms with E-state index in [9.17, 15) is 13.6 Å². The Labute approximate surface area is 102 Å². The van der Waals surface area contributed by atoms with E-state index >= 15 is 0 Å². The lowest BCUT2D eigenvalue weighted by Gasteiger charge is -2.15.